The average molecular weight is 392 g/mol. The van der Waals surface area contributed by atoms with Crippen LogP contribution in [0.15, 0.2) is 52.3 Å². The van der Waals surface area contributed by atoms with Crippen LogP contribution < -0.4 is 0 Å². The molecule has 0 aliphatic rings. The van der Waals surface area contributed by atoms with Crippen molar-refractivity contribution in [2.75, 3.05) is 0 Å². The summed E-state index contributed by atoms with van der Waals surface area (Å²) >= 11 is 9.44. The molecule has 0 radical (unpaired) electrons. The van der Waals surface area contributed by atoms with E-state index in [1.165, 1.54) is 17.8 Å². The second-order valence-corrected chi connectivity index (χ2v) is 6.09. The van der Waals surface area contributed by atoms with Crippen LogP contribution in [0.3, 0.4) is 0 Å². The van der Waals surface area contributed by atoms with Crippen molar-refractivity contribution in [3.8, 4) is 0 Å². The fourth-order valence-electron chi connectivity index (χ4n) is 1.36. The van der Waals surface area contributed by atoms with Gasteiger partial charge >= 0.3 is 0 Å². The van der Waals surface area contributed by atoms with E-state index in [0.717, 1.165) is 8.47 Å². The van der Waals surface area contributed by atoms with Gasteiger partial charge in [-0.1, -0.05) is 35.5 Å². The molecule has 3 nitrogen and oxygen atoms in total. The first-order valence-electron chi connectivity index (χ1n) is 4.94. The maximum Gasteiger partial charge on any atom is 0.283 e. The molecule has 0 saturated heterocycles. The summed E-state index contributed by atoms with van der Waals surface area (Å²) in [6, 6.07) is 12.2. The van der Waals surface area contributed by atoms with Gasteiger partial charge in [0.2, 0.25) is 0 Å². The fourth-order valence-corrected chi connectivity index (χ4v) is 3.17. The molecule has 0 aromatic heterocycles. The molecule has 0 atom stereocenters. The van der Waals surface area contributed by atoms with E-state index >= 15 is 0 Å². The quantitative estimate of drug-likeness (QED) is 0.420. The van der Waals surface area contributed by atoms with Crippen LogP contribution in [0.5, 0.6) is 0 Å². The smallest absolute Gasteiger partial charge is 0.258 e. The SMILES string of the molecule is O=[N+]([O-])c1ccccc1Sc1ccc(Cl)c(I)c1. The van der Waals surface area contributed by atoms with E-state index in [1.807, 2.05) is 12.1 Å². The largest absolute Gasteiger partial charge is 0.283 e. The number of benzene rings is 2. The highest BCUT2D eigenvalue weighted by Gasteiger charge is 2.13. The second kappa shape index (κ2) is 5.90. The van der Waals surface area contributed by atoms with Crippen LogP contribution in [0.4, 0.5) is 5.69 Å². The van der Waals surface area contributed by atoms with Crippen molar-refractivity contribution < 1.29 is 4.92 Å². The molecule has 6 heteroatoms. The molecule has 2 aromatic rings. The maximum absolute atomic E-state index is 10.9. The third kappa shape index (κ3) is 3.15. The summed E-state index contributed by atoms with van der Waals surface area (Å²) in [5, 5.41) is 11.6. The van der Waals surface area contributed by atoms with Gasteiger partial charge < -0.3 is 0 Å². The Morgan fingerprint density at radius 3 is 2.61 bits per heavy atom. The Balaban J connectivity index is 2.34. The number of nitro groups is 1. The van der Waals surface area contributed by atoms with Crippen LogP contribution in [0.25, 0.3) is 0 Å². The van der Waals surface area contributed by atoms with Gasteiger partial charge in [-0.3, -0.25) is 10.1 Å². The molecule has 0 spiro atoms. The number of hydrogen-bond acceptors (Lipinski definition) is 3. The van der Waals surface area contributed by atoms with Gasteiger partial charge in [-0.05, 0) is 46.9 Å². The molecule has 2 rings (SSSR count). The summed E-state index contributed by atoms with van der Waals surface area (Å²) in [5.74, 6) is 0. The van der Waals surface area contributed by atoms with Gasteiger partial charge in [0.1, 0.15) is 0 Å². The Labute approximate surface area is 127 Å². The molecule has 0 unspecified atom stereocenters. The van der Waals surface area contributed by atoms with Crippen molar-refractivity contribution in [3.05, 3.63) is 61.2 Å². The monoisotopic (exact) mass is 391 g/mol. The van der Waals surface area contributed by atoms with Gasteiger partial charge in [-0.2, -0.15) is 0 Å². The summed E-state index contributed by atoms with van der Waals surface area (Å²) in [4.78, 5) is 12.1. The molecule has 18 heavy (non-hydrogen) atoms. The number of nitrogens with zero attached hydrogens (tertiary/aromatic N) is 1. The lowest BCUT2D eigenvalue weighted by Crippen LogP contribution is -1.90. The summed E-state index contributed by atoms with van der Waals surface area (Å²) in [6.07, 6.45) is 0. The Morgan fingerprint density at radius 2 is 1.94 bits per heavy atom. The number of nitro benzene ring substituents is 1. The van der Waals surface area contributed by atoms with Gasteiger partial charge in [0.25, 0.3) is 5.69 Å². The molecular weight excluding hydrogens is 385 g/mol. The number of para-hydroxylation sites is 1. The molecule has 0 bridgehead atoms. The van der Waals surface area contributed by atoms with Gasteiger partial charge in [-0.15, -0.1) is 0 Å². The van der Waals surface area contributed by atoms with Crippen molar-refractivity contribution >= 4 is 51.6 Å². The van der Waals surface area contributed by atoms with E-state index in [2.05, 4.69) is 22.6 Å². The van der Waals surface area contributed by atoms with Crippen LogP contribution in [0.1, 0.15) is 0 Å². The molecule has 0 aliphatic carbocycles. The predicted octanol–water partition coefficient (Wildman–Crippen LogP) is 5.00. The molecule has 0 saturated carbocycles. The fraction of sp³-hybridized carbons (Fsp3) is 0. The van der Waals surface area contributed by atoms with Crippen LogP contribution in [-0.2, 0) is 0 Å². The standard InChI is InChI=1S/C12H7ClINO2S/c13-9-6-5-8(7-10(9)14)18-12-4-2-1-3-11(12)15(16)17/h1-7H. The molecule has 0 heterocycles. The van der Waals surface area contributed by atoms with E-state index in [1.54, 1.807) is 24.3 Å². The van der Waals surface area contributed by atoms with Crippen LogP contribution in [0, 0.1) is 13.7 Å². The lowest BCUT2D eigenvalue weighted by molar-refractivity contribution is -0.387. The minimum Gasteiger partial charge on any atom is -0.258 e. The number of hydrogen-bond donors (Lipinski definition) is 0. The topological polar surface area (TPSA) is 43.1 Å². The normalized spacial score (nSPS) is 10.3. The summed E-state index contributed by atoms with van der Waals surface area (Å²) < 4.78 is 0.929. The minimum absolute atomic E-state index is 0.118. The molecular formula is C12H7ClINO2S. The number of rotatable bonds is 3. The van der Waals surface area contributed by atoms with Crippen LogP contribution >= 0.6 is 46.0 Å². The van der Waals surface area contributed by atoms with Gasteiger partial charge in [0.15, 0.2) is 0 Å². The van der Waals surface area contributed by atoms with E-state index in [4.69, 9.17) is 11.6 Å². The van der Waals surface area contributed by atoms with Crippen molar-refractivity contribution in [3.63, 3.8) is 0 Å². The number of halogens is 2. The highest BCUT2D eigenvalue weighted by molar-refractivity contribution is 14.1. The first kappa shape index (κ1) is 13.6. The van der Waals surface area contributed by atoms with E-state index in [9.17, 15) is 10.1 Å². The Kier molecular flexibility index (Phi) is 4.47. The highest BCUT2D eigenvalue weighted by atomic mass is 127. The van der Waals surface area contributed by atoms with Crippen LogP contribution in [-0.4, -0.2) is 4.92 Å². The molecule has 0 amide bonds. The minimum atomic E-state index is -0.372. The van der Waals surface area contributed by atoms with Gasteiger partial charge in [0.05, 0.1) is 14.8 Å². The first-order valence-corrected chi connectivity index (χ1v) is 7.21. The Bertz CT molecular complexity index is 606. The summed E-state index contributed by atoms with van der Waals surface area (Å²) in [7, 11) is 0. The van der Waals surface area contributed by atoms with Crippen LogP contribution in [0.2, 0.25) is 5.02 Å². The zero-order chi connectivity index (χ0) is 13.1. The van der Waals surface area contributed by atoms with E-state index in [0.29, 0.717) is 9.92 Å². The molecule has 0 N–H and O–H groups in total. The third-order valence-electron chi connectivity index (χ3n) is 2.18. The van der Waals surface area contributed by atoms with Gasteiger partial charge in [-0.25, -0.2) is 0 Å². The third-order valence-corrected chi connectivity index (χ3v) is 4.78. The lowest BCUT2D eigenvalue weighted by Gasteiger charge is -2.04. The lowest BCUT2D eigenvalue weighted by atomic mass is 10.3. The maximum atomic E-state index is 10.9. The summed E-state index contributed by atoms with van der Waals surface area (Å²) in [5.41, 5.74) is 0.118. The zero-order valence-corrected chi connectivity index (χ0v) is 12.7. The molecule has 0 aliphatic heterocycles. The van der Waals surface area contributed by atoms with Crippen molar-refractivity contribution in [1.29, 1.82) is 0 Å². The van der Waals surface area contributed by atoms with Crippen molar-refractivity contribution in [2.45, 2.75) is 9.79 Å². The highest BCUT2D eigenvalue weighted by Crippen LogP contribution is 2.36. The Hall–Kier alpha value is -0.790. The van der Waals surface area contributed by atoms with E-state index < -0.39 is 0 Å². The molecule has 92 valence electrons. The second-order valence-electron chi connectivity index (χ2n) is 3.40. The Morgan fingerprint density at radius 1 is 1.22 bits per heavy atom. The molecule has 0 fully saturated rings. The van der Waals surface area contributed by atoms with Crippen molar-refractivity contribution in [1.82, 2.24) is 0 Å². The summed E-state index contributed by atoms with van der Waals surface area (Å²) in [6.45, 7) is 0. The first-order chi connectivity index (χ1) is 8.58. The zero-order valence-electron chi connectivity index (χ0n) is 8.97. The van der Waals surface area contributed by atoms with Gasteiger partial charge in [0, 0.05) is 14.5 Å². The molecule has 2 aromatic carbocycles. The average Bonchev–Trinajstić information content (AvgIpc) is 2.34. The van der Waals surface area contributed by atoms with Crippen molar-refractivity contribution in [2.24, 2.45) is 0 Å². The predicted molar refractivity (Wildman–Crippen MR) is 81.4 cm³/mol. The van der Waals surface area contributed by atoms with E-state index in [-0.39, 0.29) is 10.6 Å².